The van der Waals surface area contributed by atoms with Crippen LogP contribution in [-0.4, -0.2) is 36.9 Å². The van der Waals surface area contributed by atoms with Gasteiger partial charge in [0.25, 0.3) is 0 Å². The van der Waals surface area contributed by atoms with Gasteiger partial charge in [-0.3, -0.25) is 9.59 Å². The molecule has 1 saturated heterocycles. The van der Waals surface area contributed by atoms with Gasteiger partial charge in [0.05, 0.1) is 5.41 Å². The monoisotopic (exact) mass is 396 g/mol. The van der Waals surface area contributed by atoms with E-state index < -0.39 is 5.41 Å². The van der Waals surface area contributed by atoms with Gasteiger partial charge in [-0.2, -0.15) is 0 Å². The molecule has 1 saturated carbocycles. The first-order valence-corrected chi connectivity index (χ1v) is 11.0. The topological polar surface area (TPSA) is 49.4 Å². The number of benzene rings is 1. The van der Waals surface area contributed by atoms with Gasteiger partial charge in [0, 0.05) is 30.9 Å². The molecule has 2 aromatic rings. The minimum Gasteiger partial charge on any atom is -0.359 e. The van der Waals surface area contributed by atoms with Crippen LogP contribution in [0.4, 0.5) is 0 Å². The van der Waals surface area contributed by atoms with Crippen molar-refractivity contribution in [2.45, 2.75) is 32.6 Å². The predicted octanol–water partition coefficient (Wildman–Crippen LogP) is 3.97. The van der Waals surface area contributed by atoms with Crippen LogP contribution >= 0.6 is 11.3 Å². The van der Waals surface area contributed by atoms with E-state index >= 15 is 0 Å². The Morgan fingerprint density at radius 1 is 1.25 bits per heavy atom. The normalized spacial score (nSPS) is 26.7. The number of amides is 2. The summed E-state index contributed by atoms with van der Waals surface area (Å²) in [5.41, 5.74) is 1.82. The molecule has 1 aromatic carbocycles. The summed E-state index contributed by atoms with van der Waals surface area (Å²) in [6.07, 6.45) is 3.37. The van der Waals surface area contributed by atoms with Gasteiger partial charge in [0.15, 0.2) is 0 Å². The van der Waals surface area contributed by atoms with Crippen LogP contribution in [0, 0.1) is 17.3 Å². The second-order valence-corrected chi connectivity index (χ2v) is 9.34. The highest BCUT2D eigenvalue weighted by Crippen LogP contribution is 2.42. The maximum atomic E-state index is 12.9. The average molecular weight is 397 g/mol. The largest absolute Gasteiger partial charge is 0.359 e. The molecule has 1 aliphatic carbocycles. The summed E-state index contributed by atoms with van der Waals surface area (Å²) < 4.78 is 0. The summed E-state index contributed by atoms with van der Waals surface area (Å²) in [6.45, 7) is 3.44. The van der Waals surface area contributed by atoms with Gasteiger partial charge in [-0.15, -0.1) is 11.3 Å². The Hall–Kier alpha value is -2.14. The first-order valence-electron chi connectivity index (χ1n) is 10.2. The summed E-state index contributed by atoms with van der Waals surface area (Å²) in [7, 11) is 1.70. The van der Waals surface area contributed by atoms with Gasteiger partial charge in [-0.25, -0.2) is 0 Å². The van der Waals surface area contributed by atoms with E-state index in [9.17, 15) is 9.59 Å². The molecule has 2 amide bonds. The molecular formula is C23H28N2O2S. The van der Waals surface area contributed by atoms with Crippen molar-refractivity contribution in [3.05, 3.63) is 47.3 Å². The third-order valence-electron chi connectivity index (χ3n) is 6.33. The fourth-order valence-electron chi connectivity index (χ4n) is 4.52. The smallest absolute Gasteiger partial charge is 0.228 e. The molecule has 2 aliphatic rings. The summed E-state index contributed by atoms with van der Waals surface area (Å²) in [4.78, 5) is 28.9. The van der Waals surface area contributed by atoms with Crippen molar-refractivity contribution in [3.8, 4) is 10.4 Å². The molecular weight excluding hydrogens is 368 g/mol. The van der Waals surface area contributed by atoms with Crippen molar-refractivity contribution in [1.82, 2.24) is 10.2 Å². The highest BCUT2D eigenvalue weighted by Gasteiger charge is 2.47. The number of hydrogen-bond donors (Lipinski definition) is 1. The quantitative estimate of drug-likeness (QED) is 0.831. The first kappa shape index (κ1) is 19.2. The summed E-state index contributed by atoms with van der Waals surface area (Å²) in [5, 5.41) is 4.95. The maximum absolute atomic E-state index is 12.9. The Balaban J connectivity index is 1.54. The summed E-state index contributed by atoms with van der Waals surface area (Å²) >= 11 is 1.73. The Bertz CT molecular complexity index is 846. The van der Waals surface area contributed by atoms with Gasteiger partial charge >= 0.3 is 0 Å². The lowest BCUT2D eigenvalue weighted by Gasteiger charge is -2.42. The van der Waals surface area contributed by atoms with Gasteiger partial charge in [-0.05, 0) is 54.2 Å². The number of nitrogens with one attached hydrogen (secondary N) is 1. The second-order valence-electron chi connectivity index (χ2n) is 8.39. The van der Waals surface area contributed by atoms with Gasteiger partial charge in [0.1, 0.15) is 0 Å². The molecule has 4 rings (SSSR count). The van der Waals surface area contributed by atoms with Crippen molar-refractivity contribution >= 4 is 23.2 Å². The minimum absolute atomic E-state index is 0.0520. The van der Waals surface area contributed by atoms with Crippen molar-refractivity contribution in [2.24, 2.45) is 17.3 Å². The van der Waals surface area contributed by atoms with Crippen LogP contribution in [0.15, 0.2) is 41.8 Å². The molecule has 0 unspecified atom stereocenters. The van der Waals surface area contributed by atoms with Crippen LogP contribution in [0.2, 0.25) is 0 Å². The highest BCUT2D eigenvalue weighted by molar-refractivity contribution is 7.13. The van der Waals surface area contributed by atoms with Gasteiger partial charge in [0.2, 0.25) is 11.8 Å². The predicted molar refractivity (Wildman–Crippen MR) is 113 cm³/mol. The Labute approximate surface area is 170 Å². The molecule has 4 nitrogen and oxygen atoms in total. The lowest BCUT2D eigenvalue weighted by atomic mass is 9.74. The number of hydrogen-bond acceptors (Lipinski definition) is 3. The molecule has 0 radical (unpaired) electrons. The lowest BCUT2D eigenvalue weighted by molar-refractivity contribution is -0.142. The van der Waals surface area contributed by atoms with Crippen LogP contribution in [-0.2, 0) is 16.0 Å². The Morgan fingerprint density at radius 2 is 2.00 bits per heavy atom. The molecule has 0 bridgehead atoms. The Kier molecular flexibility index (Phi) is 5.28. The van der Waals surface area contributed by atoms with E-state index in [2.05, 4.69) is 54.0 Å². The van der Waals surface area contributed by atoms with Crippen LogP contribution < -0.4 is 5.32 Å². The highest BCUT2D eigenvalue weighted by atomic mass is 32.1. The summed E-state index contributed by atoms with van der Waals surface area (Å²) in [5.74, 6) is 0.962. The van der Waals surface area contributed by atoms with Crippen molar-refractivity contribution < 1.29 is 9.59 Å². The molecule has 1 aliphatic heterocycles. The summed E-state index contributed by atoms with van der Waals surface area (Å²) in [6, 6.07) is 12.7. The molecule has 1 N–H and O–H groups in total. The molecule has 5 heteroatoms. The average Bonchev–Trinajstić information content (AvgIpc) is 3.20. The zero-order valence-electron chi connectivity index (χ0n) is 16.6. The molecule has 28 heavy (non-hydrogen) atoms. The van der Waals surface area contributed by atoms with E-state index in [1.165, 1.54) is 10.4 Å². The maximum Gasteiger partial charge on any atom is 0.228 e. The van der Waals surface area contributed by atoms with Crippen molar-refractivity contribution in [2.75, 3.05) is 20.1 Å². The Morgan fingerprint density at radius 3 is 2.61 bits per heavy atom. The molecule has 0 spiro atoms. The molecule has 3 atom stereocenters. The number of nitrogens with zero attached hydrogens (tertiary/aromatic N) is 1. The van der Waals surface area contributed by atoms with E-state index in [1.54, 1.807) is 18.4 Å². The van der Waals surface area contributed by atoms with Crippen LogP contribution in [0.3, 0.4) is 0 Å². The number of rotatable bonds is 5. The fourth-order valence-corrected chi connectivity index (χ4v) is 5.25. The van der Waals surface area contributed by atoms with Gasteiger partial charge in [-0.1, -0.05) is 37.3 Å². The lowest BCUT2D eigenvalue weighted by Crippen LogP contribution is -2.54. The van der Waals surface area contributed by atoms with Crippen LogP contribution in [0.5, 0.6) is 0 Å². The van der Waals surface area contributed by atoms with Crippen molar-refractivity contribution in [1.29, 1.82) is 0 Å². The SMILES string of the molecule is CNC(=O)[C@]1(Cc2ccc(-c3cccs3)cc2)CCCN(C(=O)[C@@H]2C[C@@H]2C)C1. The number of likely N-dealkylation sites (tertiary alicyclic amines) is 1. The fraction of sp³-hybridized carbons (Fsp3) is 0.478. The molecule has 148 valence electrons. The van der Waals surface area contributed by atoms with Crippen LogP contribution in [0.1, 0.15) is 31.7 Å². The molecule has 2 heterocycles. The van der Waals surface area contributed by atoms with Crippen LogP contribution in [0.25, 0.3) is 10.4 Å². The standard InChI is InChI=1S/C23H28N2O2S/c1-16-13-19(16)21(26)25-11-4-10-23(15-25,22(27)24-2)14-17-6-8-18(9-7-17)20-5-3-12-28-20/h3,5-9,12,16,19H,4,10-11,13-15H2,1-2H3,(H,24,27)/t16-,19+,23-/m0/s1. The first-order chi connectivity index (χ1) is 13.5. The number of thiophene rings is 1. The second kappa shape index (κ2) is 7.70. The number of piperidine rings is 1. The van der Waals surface area contributed by atoms with E-state index in [1.807, 2.05) is 4.90 Å². The van der Waals surface area contributed by atoms with E-state index in [0.717, 1.165) is 31.4 Å². The minimum atomic E-state index is -0.536. The van der Waals surface area contributed by atoms with Crippen molar-refractivity contribution in [3.63, 3.8) is 0 Å². The molecule has 1 aromatic heterocycles. The van der Waals surface area contributed by atoms with E-state index in [0.29, 0.717) is 18.9 Å². The zero-order valence-corrected chi connectivity index (χ0v) is 17.4. The zero-order chi connectivity index (χ0) is 19.7. The van der Waals surface area contributed by atoms with E-state index in [-0.39, 0.29) is 17.7 Å². The third kappa shape index (κ3) is 3.72. The molecule has 2 fully saturated rings. The number of carbonyl (C=O) groups is 2. The van der Waals surface area contributed by atoms with Gasteiger partial charge < -0.3 is 10.2 Å². The third-order valence-corrected chi connectivity index (χ3v) is 7.25. The number of carbonyl (C=O) groups excluding carboxylic acids is 2. The van der Waals surface area contributed by atoms with E-state index in [4.69, 9.17) is 0 Å².